The van der Waals surface area contributed by atoms with Gasteiger partial charge in [0.25, 0.3) is 5.56 Å². The van der Waals surface area contributed by atoms with Crippen LogP contribution in [0, 0.1) is 5.82 Å². The third kappa shape index (κ3) is 3.46. The molecule has 5 rings (SSSR count). The maximum atomic E-state index is 13.8. The van der Waals surface area contributed by atoms with Crippen molar-refractivity contribution < 1.29 is 9.13 Å². The van der Waals surface area contributed by atoms with Gasteiger partial charge in [0.2, 0.25) is 0 Å². The summed E-state index contributed by atoms with van der Waals surface area (Å²) in [5.41, 5.74) is 3.09. The van der Waals surface area contributed by atoms with Gasteiger partial charge in [-0.2, -0.15) is 0 Å². The zero-order valence-electron chi connectivity index (χ0n) is 16.9. The topological polar surface area (TPSA) is 59.9 Å². The Balaban J connectivity index is 1.62. The lowest BCUT2D eigenvalue weighted by Gasteiger charge is -2.14. The number of nitrogens with zero attached hydrogens (tertiary/aromatic N) is 2. The maximum absolute atomic E-state index is 13.8. The standard InChI is InChI=1S/C25H20FN3O2/c1-31-19-6-4-5-18(14-19)29-24(28-23-8-3-2-7-20(23)25(29)30)12-9-16-15-27-22-11-10-17(26)13-21(16)22/h2-8,10-11,13-15,27H,9,12H2,1H3. The second-order valence-corrected chi connectivity index (χ2v) is 7.39. The van der Waals surface area contributed by atoms with E-state index in [0.29, 0.717) is 41.0 Å². The number of fused-ring (bicyclic) bond motifs is 2. The van der Waals surface area contributed by atoms with E-state index in [-0.39, 0.29) is 11.4 Å². The second kappa shape index (κ2) is 7.72. The number of aryl methyl sites for hydroxylation is 2. The lowest BCUT2D eigenvalue weighted by Crippen LogP contribution is -2.24. The fraction of sp³-hybridized carbons (Fsp3) is 0.120. The zero-order valence-corrected chi connectivity index (χ0v) is 16.9. The number of nitrogens with one attached hydrogen (secondary N) is 1. The third-order valence-electron chi connectivity index (χ3n) is 5.50. The first kappa shape index (κ1) is 19.1. The number of aromatic amines is 1. The van der Waals surface area contributed by atoms with Gasteiger partial charge in [0.1, 0.15) is 17.4 Å². The second-order valence-electron chi connectivity index (χ2n) is 7.39. The van der Waals surface area contributed by atoms with Crippen molar-refractivity contribution >= 4 is 21.8 Å². The summed E-state index contributed by atoms with van der Waals surface area (Å²) in [4.78, 5) is 21.4. The molecule has 0 saturated carbocycles. The van der Waals surface area contributed by atoms with Crippen molar-refractivity contribution in [3.05, 3.63) is 100 Å². The van der Waals surface area contributed by atoms with Crippen molar-refractivity contribution in [3.8, 4) is 11.4 Å². The van der Waals surface area contributed by atoms with E-state index in [1.807, 2.05) is 48.7 Å². The van der Waals surface area contributed by atoms with Gasteiger partial charge in [-0.25, -0.2) is 9.37 Å². The van der Waals surface area contributed by atoms with E-state index in [4.69, 9.17) is 9.72 Å². The van der Waals surface area contributed by atoms with Gasteiger partial charge in [0.15, 0.2) is 0 Å². The Bertz CT molecular complexity index is 1470. The van der Waals surface area contributed by atoms with Crippen LogP contribution in [0.5, 0.6) is 5.75 Å². The normalized spacial score (nSPS) is 11.3. The smallest absolute Gasteiger partial charge is 0.265 e. The molecular weight excluding hydrogens is 393 g/mol. The molecule has 31 heavy (non-hydrogen) atoms. The van der Waals surface area contributed by atoms with Gasteiger partial charge < -0.3 is 9.72 Å². The van der Waals surface area contributed by atoms with Crippen LogP contribution in [0.3, 0.4) is 0 Å². The third-order valence-corrected chi connectivity index (χ3v) is 5.50. The molecule has 0 amide bonds. The van der Waals surface area contributed by atoms with Gasteiger partial charge in [-0.3, -0.25) is 9.36 Å². The minimum atomic E-state index is -0.273. The number of halogens is 1. The Morgan fingerprint density at radius 1 is 1.00 bits per heavy atom. The summed E-state index contributed by atoms with van der Waals surface area (Å²) >= 11 is 0. The van der Waals surface area contributed by atoms with E-state index >= 15 is 0 Å². The first-order valence-corrected chi connectivity index (χ1v) is 10.0. The Labute approximate surface area is 177 Å². The van der Waals surface area contributed by atoms with Crippen molar-refractivity contribution in [2.24, 2.45) is 0 Å². The molecular formula is C25H20FN3O2. The number of hydrogen-bond acceptors (Lipinski definition) is 3. The largest absolute Gasteiger partial charge is 0.497 e. The van der Waals surface area contributed by atoms with Crippen molar-refractivity contribution in [2.75, 3.05) is 7.11 Å². The Kier molecular flexibility index (Phi) is 4.75. The molecule has 3 aromatic carbocycles. The summed E-state index contributed by atoms with van der Waals surface area (Å²) in [6.07, 6.45) is 3.01. The minimum Gasteiger partial charge on any atom is -0.497 e. The Morgan fingerprint density at radius 2 is 1.87 bits per heavy atom. The first-order chi connectivity index (χ1) is 15.1. The fourth-order valence-electron chi connectivity index (χ4n) is 3.97. The number of hydrogen-bond donors (Lipinski definition) is 1. The maximum Gasteiger partial charge on any atom is 0.265 e. The fourth-order valence-corrected chi connectivity index (χ4v) is 3.97. The van der Waals surface area contributed by atoms with Gasteiger partial charge >= 0.3 is 0 Å². The number of ether oxygens (including phenoxy) is 1. The predicted octanol–water partition coefficient (Wildman–Crippen LogP) is 4.80. The number of benzene rings is 3. The lowest BCUT2D eigenvalue weighted by atomic mass is 10.1. The highest BCUT2D eigenvalue weighted by atomic mass is 19.1. The van der Waals surface area contributed by atoms with E-state index in [1.165, 1.54) is 12.1 Å². The van der Waals surface area contributed by atoms with E-state index < -0.39 is 0 Å². The molecule has 1 N–H and O–H groups in total. The first-order valence-electron chi connectivity index (χ1n) is 10.0. The summed E-state index contributed by atoms with van der Waals surface area (Å²) in [5.74, 6) is 1.03. The van der Waals surface area contributed by atoms with Crippen molar-refractivity contribution in [1.82, 2.24) is 14.5 Å². The average Bonchev–Trinajstić information content (AvgIpc) is 3.20. The predicted molar refractivity (Wildman–Crippen MR) is 120 cm³/mol. The number of rotatable bonds is 5. The van der Waals surface area contributed by atoms with Crippen LogP contribution in [-0.2, 0) is 12.8 Å². The highest BCUT2D eigenvalue weighted by Crippen LogP contribution is 2.22. The SMILES string of the molecule is COc1cccc(-n2c(CCc3c[nH]c4ccc(F)cc34)nc3ccccc3c2=O)c1. The van der Waals surface area contributed by atoms with Crippen LogP contribution >= 0.6 is 0 Å². The van der Waals surface area contributed by atoms with Gasteiger partial charge in [-0.05, 0) is 54.4 Å². The average molecular weight is 413 g/mol. The molecule has 2 heterocycles. The van der Waals surface area contributed by atoms with E-state index in [1.54, 1.807) is 23.8 Å². The summed E-state index contributed by atoms with van der Waals surface area (Å²) in [7, 11) is 1.59. The lowest BCUT2D eigenvalue weighted by molar-refractivity contribution is 0.414. The molecule has 0 saturated heterocycles. The molecule has 0 aliphatic rings. The molecule has 0 spiro atoms. The van der Waals surface area contributed by atoms with Crippen LogP contribution in [0.2, 0.25) is 0 Å². The summed E-state index contributed by atoms with van der Waals surface area (Å²) in [6, 6.07) is 19.4. The molecule has 154 valence electrons. The molecule has 0 atom stereocenters. The monoisotopic (exact) mass is 413 g/mol. The van der Waals surface area contributed by atoms with Crippen LogP contribution in [0.4, 0.5) is 4.39 Å². The van der Waals surface area contributed by atoms with Crippen molar-refractivity contribution in [2.45, 2.75) is 12.8 Å². The van der Waals surface area contributed by atoms with Crippen LogP contribution in [0.15, 0.2) is 77.7 Å². The van der Waals surface area contributed by atoms with Crippen LogP contribution in [-0.4, -0.2) is 21.6 Å². The molecule has 0 bridgehead atoms. The molecule has 6 heteroatoms. The van der Waals surface area contributed by atoms with Gasteiger partial charge in [-0.15, -0.1) is 0 Å². The Hall–Kier alpha value is -3.93. The summed E-state index contributed by atoms with van der Waals surface area (Å²) in [5, 5.41) is 1.40. The minimum absolute atomic E-state index is 0.126. The molecule has 0 aliphatic heterocycles. The molecule has 5 nitrogen and oxygen atoms in total. The zero-order chi connectivity index (χ0) is 21.4. The highest BCUT2D eigenvalue weighted by Gasteiger charge is 2.14. The molecule has 0 radical (unpaired) electrons. The van der Waals surface area contributed by atoms with E-state index in [0.717, 1.165) is 16.5 Å². The van der Waals surface area contributed by atoms with E-state index in [9.17, 15) is 9.18 Å². The number of para-hydroxylation sites is 1. The quantitative estimate of drug-likeness (QED) is 0.450. The van der Waals surface area contributed by atoms with Crippen molar-refractivity contribution in [1.29, 1.82) is 0 Å². The highest BCUT2D eigenvalue weighted by molar-refractivity contribution is 5.83. The molecule has 0 aliphatic carbocycles. The van der Waals surface area contributed by atoms with Gasteiger partial charge in [-0.1, -0.05) is 18.2 Å². The molecule has 0 fully saturated rings. The molecule has 0 unspecified atom stereocenters. The van der Waals surface area contributed by atoms with Crippen molar-refractivity contribution in [3.63, 3.8) is 0 Å². The number of H-pyrrole nitrogens is 1. The molecule has 2 aromatic heterocycles. The van der Waals surface area contributed by atoms with Gasteiger partial charge in [0.05, 0.1) is 23.7 Å². The Morgan fingerprint density at radius 3 is 2.74 bits per heavy atom. The number of methoxy groups -OCH3 is 1. The molecule has 5 aromatic rings. The van der Waals surface area contributed by atoms with Crippen LogP contribution in [0.25, 0.3) is 27.5 Å². The summed E-state index contributed by atoms with van der Waals surface area (Å²) in [6.45, 7) is 0. The van der Waals surface area contributed by atoms with E-state index in [2.05, 4.69) is 4.98 Å². The number of aromatic nitrogens is 3. The van der Waals surface area contributed by atoms with Gasteiger partial charge in [0, 0.05) is 29.6 Å². The van der Waals surface area contributed by atoms with Crippen LogP contribution in [0.1, 0.15) is 11.4 Å². The van der Waals surface area contributed by atoms with Crippen LogP contribution < -0.4 is 10.3 Å². The summed E-state index contributed by atoms with van der Waals surface area (Å²) < 4.78 is 20.7.